The Morgan fingerprint density at radius 1 is 0.862 bits per heavy atom. The van der Waals surface area contributed by atoms with Crippen LogP contribution in [0.4, 0.5) is 5.69 Å². The number of hydrogen-bond donors (Lipinski definition) is 0. The Morgan fingerprint density at radius 3 is 2.24 bits per heavy atom. The largest absolute Gasteiger partial charge is 0.378 e. The quantitative estimate of drug-likeness (QED) is 0.720. The predicted octanol–water partition coefficient (Wildman–Crippen LogP) is 3.88. The predicted molar refractivity (Wildman–Crippen MR) is 114 cm³/mol. The maximum absolute atomic E-state index is 13.6. The first-order valence-electron chi connectivity index (χ1n) is 9.68. The lowest BCUT2D eigenvalue weighted by molar-refractivity contribution is -0.121. The molecule has 2 heterocycles. The standard InChI is InChI=1S/C23H23ClN2O3/c1-14-4-5-17(12-15(14)2)20-21(25-8-10-29-11-9-25)23(28)26(22(20)27)19-7-6-18(24)13-16(19)3/h4-7,12-13H,8-11H2,1-3H3. The van der Waals surface area contributed by atoms with Crippen molar-refractivity contribution in [2.24, 2.45) is 0 Å². The summed E-state index contributed by atoms with van der Waals surface area (Å²) in [6.07, 6.45) is 0. The van der Waals surface area contributed by atoms with E-state index in [0.717, 1.165) is 22.3 Å². The van der Waals surface area contributed by atoms with Crippen LogP contribution in [-0.2, 0) is 14.3 Å². The van der Waals surface area contributed by atoms with Crippen LogP contribution in [0.25, 0.3) is 5.57 Å². The minimum atomic E-state index is -0.301. The third-order valence-electron chi connectivity index (χ3n) is 5.58. The first kappa shape index (κ1) is 19.7. The van der Waals surface area contributed by atoms with E-state index in [1.54, 1.807) is 18.2 Å². The molecule has 1 fully saturated rings. The summed E-state index contributed by atoms with van der Waals surface area (Å²) in [6.45, 7) is 8.12. The molecule has 2 amide bonds. The first-order valence-corrected chi connectivity index (χ1v) is 10.1. The Morgan fingerprint density at radius 2 is 1.59 bits per heavy atom. The number of carbonyl (C=O) groups is 2. The zero-order chi connectivity index (χ0) is 20.7. The Balaban J connectivity index is 1.86. The van der Waals surface area contributed by atoms with E-state index in [4.69, 9.17) is 16.3 Å². The molecule has 4 rings (SSSR count). The van der Waals surface area contributed by atoms with E-state index >= 15 is 0 Å². The SMILES string of the molecule is Cc1ccc(C2=C(N3CCOCC3)C(=O)N(c3ccc(Cl)cc3C)C2=O)cc1C. The van der Waals surface area contributed by atoms with Crippen molar-refractivity contribution in [2.45, 2.75) is 20.8 Å². The van der Waals surface area contributed by atoms with Gasteiger partial charge in [0.25, 0.3) is 11.8 Å². The van der Waals surface area contributed by atoms with Gasteiger partial charge < -0.3 is 9.64 Å². The van der Waals surface area contributed by atoms with Gasteiger partial charge in [-0.2, -0.15) is 0 Å². The smallest absolute Gasteiger partial charge is 0.282 e. The van der Waals surface area contributed by atoms with Crippen LogP contribution in [0.5, 0.6) is 0 Å². The monoisotopic (exact) mass is 410 g/mol. The number of ether oxygens (including phenoxy) is 1. The molecule has 0 N–H and O–H groups in total. The molecule has 1 saturated heterocycles. The van der Waals surface area contributed by atoms with Crippen molar-refractivity contribution in [2.75, 3.05) is 31.2 Å². The van der Waals surface area contributed by atoms with Crippen LogP contribution in [0.2, 0.25) is 5.02 Å². The highest BCUT2D eigenvalue weighted by molar-refractivity contribution is 6.45. The van der Waals surface area contributed by atoms with E-state index in [9.17, 15) is 9.59 Å². The van der Waals surface area contributed by atoms with Crippen LogP contribution in [0.1, 0.15) is 22.3 Å². The lowest BCUT2D eigenvalue weighted by Crippen LogP contribution is -2.40. The Labute approximate surface area is 175 Å². The van der Waals surface area contributed by atoms with Gasteiger partial charge in [-0.05, 0) is 61.2 Å². The minimum Gasteiger partial charge on any atom is -0.378 e. The molecule has 0 radical (unpaired) electrons. The number of carbonyl (C=O) groups excluding carboxylic acids is 2. The number of rotatable bonds is 3. The highest BCUT2D eigenvalue weighted by Gasteiger charge is 2.43. The zero-order valence-electron chi connectivity index (χ0n) is 16.8. The lowest BCUT2D eigenvalue weighted by atomic mass is 9.99. The number of hydrogen-bond acceptors (Lipinski definition) is 4. The van der Waals surface area contributed by atoms with Crippen LogP contribution < -0.4 is 4.90 Å². The highest BCUT2D eigenvalue weighted by Crippen LogP contribution is 2.37. The van der Waals surface area contributed by atoms with Crippen molar-refractivity contribution in [3.05, 3.63) is 69.4 Å². The Bertz CT molecular complexity index is 1040. The number of morpholine rings is 1. The molecular formula is C23H23ClN2O3. The van der Waals surface area contributed by atoms with Crippen LogP contribution >= 0.6 is 11.6 Å². The number of amides is 2. The summed E-state index contributed by atoms with van der Waals surface area (Å²) in [5, 5.41) is 0.570. The number of halogens is 1. The van der Waals surface area contributed by atoms with Crippen LogP contribution in [0.15, 0.2) is 42.1 Å². The van der Waals surface area contributed by atoms with E-state index in [0.29, 0.717) is 48.3 Å². The Hall–Kier alpha value is -2.63. The zero-order valence-corrected chi connectivity index (χ0v) is 17.5. The summed E-state index contributed by atoms with van der Waals surface area (Å²) in [4.78, 5) is 30.3. The molecular weight excluding hydrogens is 388 g/mol. The van der Waals surface area contributed by atoms with E-state index in [1.165, 1.54) is 4.90 Å². The van der Waals surface area contributed by atoms with E-state index < -0.39 is 0 Å². The average molecular weight is 411 g/mol. The fraction of sp³-hybridized carbons (Fsp3) is 0.304. The summed E-state index contributed by atoms with van der Waals surface area (Å²) >= 11 is 6.08. The van der Waals surface area contributed by atoms with Crippen molar-refractivity contribution < 1.29 is 14.3 Å². The van der Waals surface area contributed by atoms with Gasteiger partial charge in [0.05, 0.1) is 24.5 Å². The molecule has 0 aromatic heterocycles. The van der Waals surface area contributed by atoms with Gasteiger partial charge in [-0.1, -0.05) is 29.8 Å². The van der Waals surface area contributed by atoms with Crippen LogP contribution in [-0.4, -0.2) is 43.0 Å². The molecule has 29 heavy (non-hydrogen) atoms. The summed E-state index contributed by atoms with van der Waals surface area (Å²) in [6, 6.07) is 11.1. The van der Waals surface area contributed by atoms with Gasteiger partial charge in [0.15, 0.2) is 0 Å². The maximum Gasteiger partial charge on any atom is 0.282 e. The Kier molecular flexibility index (Phi) is 5.19. The molecule has 150 valence electrons. The molecule has 0 spiro atoms. The van der Waals surface area contributed by atoms with Crippen molar-refractivity contribution in [1.29, 1.82) is 0 Å². The third-order valence-corrected chi connectivity index (χ3v) is 5.82. The summed E-state index contributed by atoms with van der Waals surface area (Å²) in [5.74, 6) is -0.597. The highest BCUT2D eigenvalue weighted by atomic mass is 35.5. The second-order valence-electron chi connectivity index (χ2n) is 7.50. The molecule has 6 heteroatoms. The van der Waals surface area contributed by atoms with E-state index in [-0.39, 0.29) is 11.8 Å². The van der Waals surface area contributed by atoms with Gasteiger partial charge in [-0.15, -0.1) is 0 Å². The van der Waals surface area contributed by atoms with Gasteiger partial charge >= 0.3 is 0 Å². The van der Waals surface area contributed by atoms with Crippen molar-refractivity contribution in [3.63, 3.8) is 0 Å². The van der Waals surface area contributed by atoms with Gasteiger partial charge in [0.2, 0.25) is 0 Å². The van der Waals surface area contributed by atoms with Crippen molar-refractivity contribution in [1.82, 2.24) is 4.90 Å². The first-order chi connectivity index (χ1) is 13.9. The second kappa shape index (κ2) is 7.65. The fourth-order valence-electron chi connectivity index (χ4n) is 3.84. The molecule has 2 aromatic rings. The van der Waals surface area contributed by atoms with Crippen molar-refractivity contribution in [3.8, 4) is 0 Å². The lowest BCUT2D eigenvalue weighted by Gasteiger charge is -2.29. The maximum atomic E-state index is 13.6. The molecule has 5 nitrogen and oxygen atoms in total. The molecule has 2 aliphatic heterocycles. The second-order valence-corrected chi connectivity index (χ2v) is 7.94. The molecule has 0 atom stereocenters. The molecule has 2 aromatic carbocycles. The molecule has 0 aliphatic carbocycles. The van der Waals surface area contributed by atoms with Gasteiger partial charge in [-0.25, -0.2) is 4.90 Å². The molecule has 0 bridgehead atoms. The number of imide groups is 1. The van der Waals surface area contributed by atoms with E-state index in [1.807, 2.05) is 43.9 Å². The average Bonchev–Trinajstić information content (AvgIpc) is 2.95. The fourth-order valence-corrected chi connectivity index (χ4v) is 4.07. The normalized spacial score (nSPS) is 17.5. The van der Waals surface area contributed by atoms with E-state index in [2.05, 4.69) is 0 Å². The molecule has 2 aliphatic rings. The minimum absolute atomic E-state index is 0.296. The third kappa shape index (κ3) is 3.45. The molecule has 0 unspecified atom stereocenters. The molecule has 0 saturated carbocycles. The van der Waals surface area contributed by atoms with Gasteiger partial charge in [0.1, 0.15) is 5.70 Å². The summed E-state index contributed by atoms with van der Waals surface area (Å²) in [5.41, 5.74) is 5.24. The topological polar surface area (TPSA) is 49.9 Å². The van der Waals surface area contributed by atoms with Gasteiger partial charge in [0, 0.05) is 18.1 Å². The number of nitrogens with zero attached hydrogens (tertiary/aromatic N) is 2. The number of benzene rings is 2. The van der Waals surface area contributed by atoms with Crippen LogP contribution in [0, 0.1) is 20.8 Å². The van der Waals surface area contributed by atoms with Gasteiger partial charge in [-0.3, -0.25) is 9.59 Å². The summed E-state index contributed by atoms with van der Waals surface area (Å²) in [7, 11) is 0. The summed E-state index contributed by atoms with van der Waals surface area (Å²) < 4.78 is 5.45. The number of aryl methyl sites for hydroxylation is 3. The number of anilines is 1. The van der Waals surface area contributed by atoms with Crippen molar-refractivity contribution >= 4 is 34.7 Å². The van der Waals surface area contributed by atoms with Crippen LogP contribution in [0.3, 0.4) is 0 Å².